The smallest absolute Gasteiger partial charge is 0.345 e. The summed E-state index contributed by atoms with van der Waals surface area (Å²) in [5, 5.41) is 9.66. The largest absolute Gasteiger partial charge is 0.477 e. The number of hydrogen-bond donors (Lipinski definition) is 1. The minimum Gasteiger partial charge on any atom is -0.477 e. The number of aryl methyl sites for hydroxylation is 1. The van der Waals surface area contributed by atoms with Crippen LogP contribution in [0.25, 0.3) is 6.08 Å². The Balaban J connectivity index is 0.00000126. The number of aromatic carboxylic acids is 1. The zero-order chi connectivity index (χ0) is 19.6. The molecule has 1 saturated carbocycles. The fourth-order valence-electron chi connectivity index (χ4n) is 3.60. The molecular formula is C22H28ClNO2S. The van der Waals surface area contributed by atoms with Crippen LogP contribution in [0.4, 0.5) is 0 Å². The molecule has 0 unspecified atom stereocenters. The van der Waals surface area contributed by atoms with Crippen molar-refractivity contribution in [3.63, 3.8) is 0 Å². The van der Waals surface area contributed by atoms with E-state index >= 15 is 0 Å². The zero-order valence-corrected chi connectivity index (χ0v) is 17.6. The van der Waals surface area contributed by atoms with Crippen LogP contribution < -0.4 is 0 Å². The van der Waals surface area contributed by atoms with E-state index in [9.17, 15) is 4.79 Å². The molecule has 2 heterocycles. The molecule has 1 N–H and O–H groups in total. The van der Waals surface area contributed by atoms with E-state index < -0.39 is 5.97 Å². The van der Waals surface area contributed by atoms with Crippen LogP contribution in [-0.4, -0.2) is 16.1 Å². The van der Waals surface area contributed by atoms with Crippen LogP contribution in [0, 0.1) is 11.8 Å². The van der Waals surface area contributed by atoms with Crippen molar-refractivity contribution in [2.45, 2.75) is 52.4 Å². The highest BCUT2D eigenvalue weighted by Gasteiger charge is 2.24. The Hall–Kier alpha value is -1.65. The second-order valence-corrected chi connectivity index (χ2v) is 8.22. The second-order valence-electron chi connectivity index (χ2n) is 6.61. The Morgan fingerprint density at radius 3 is 2.85 bits per heavy atom. The molecule has 0 saturated heterocycles. The van der Waals surface area contributed by atoms with Gasteiger partial charge in [0.1, 0.15) is 4.88 Å². The van der Waals surface area contributed by atoms with E-state index in [1.807, 2.05) is 32.2 Å². The lowest BCUT2D eigenvalue weighted by molar-refractivity contribution is 0.0702. The molecule has 0 bridgehead atoms. The fourth-order valence-corrected chi connectivity index (χ4v) is 4.67. The third kappa shape index (κ3) is 6.78. The van der Waals surface area contributed by atoms with Gasteiger partial charge in [0, 0.05) is 17.3 Å². The molecule has 0 spiro atoms. The average molecular weight is 406 g/mol. The molecule has 1 aliphatic carbocycles. The number of carboxylic acid groups (broad SMARTS) is 1. The van der Waals surface area contributed by atoms with Gasteiger partial charge in [0.05, 0.1) is 5.02 Å². The number of nitrogens with zero attached hydrogens (tertiary/aromatic N) is 1. The highest BCUT2D eigenvalue weighted by molar-refractivity contribution is 7.13. The van der Waals surface area contributed by atoms with Crippen molar-refractivity contribution in [3.05, 3.63) is 57.0 Å². The van der Waals surface area contributed by atoms with Gasteiger partial charge in [-0.1, -0.05) is 44.0 Å². The Morgan fingerprint density at radius 2 is 2.15 bits per heavy atom. The van der Waals surface area contributed by atoms with E-state index in [0.717, 1.165) is 24.3 Å². The molecule has 0 radical (unpaired) electrons. The lowest BCUT2D eigenvalue weighted by Crippen LogP contribution is -2.05. The number of carboxylic acids is 1. The predicted molar refractivity (Wildman–Crippen MR) is 115 cm³/mol. The molecule has 1 fully saturated rings. The monoisotopic (exact) mass is 405 g/mol. The van der Waals surface area contributed by atoms with E-state index in [-0.39, 0.29) is 0 Å². The van der Waals surface area contributed by atoms with Crippen LogP contribution >= 0.6 is 22.9 Å². The van der Waals surface area contributed by atoms with Crippen molar-refractivity contribution in [1.29, 1.82) is 0 Å². The molecule has 27 heavy (non-hydrogen) atoms. The number of pyridine rings is 1. The van der Waals surface area contributed by atoms with Gasteiger partial charge in [-0.3, -0.25) is 4.98 Å². The molecule has 1 aliphatic rings. The number of rotatable bonds is 7. The first kappa shape index (κ1) is 21.6. The molecule has 0 aliphatic heterocycles. The van der Waals surface area contributed by atoms with Crippen molar-refractivity contribution in [2.75, 3.05) is 0 Å². The molecule has 0 aromatic carbocycles. The van der Waals surface area contributed by atoms with Crippen molar-refractivity contribution in [2.24, 2.45) is 11.8 Å². The van der Waals surface area contributed by atoms with Crippen LogP contribution in [0.5, 0.6) is 0 Å². The maximum atomic E-state index is 10.9. The SMILES string of the molecule is CC.O=C(O)c1ccc(CCC[C@H]2CCC[C@@H]2/C=C/c2cncc(Cl)c2)s1. The molecule has 3 rings (SSSR count). The first-order chi connectivity index (χ1) is 13.1. The van der Waals surface area contributed by atoms with Gasteiger partial charge in [-0.25, -0.2) is 4.79 Å². The Bertz CT molecular complexity index is 756. The zero-order valence-electron chi connectivity index (χ0n) is 16.0. The highest BCUT2D eigenvalue weighted by atomic mass is 35.5. The molecule has 3 nitrogen and oxygen atoms in total. The molecule has 5 heteroatoms. The van der Waals surface area contributed by atoms with Crippen molar-refractivity contribution < 1.29 is 9.90 Å². The maximum absolute atomic E-state index is 10.9. The molecule has 0 amide bonds. The van der Waals surface area contributed by atoms with Gasteiger partial charge in [0.2, 0.25) is 0 Å². The van der Waals surface area contributed by atoms with Crippen LogP contribution in [0.2, 0.25) is 5.02 Å². The molecule has 2 aromatic heterocycles. The fraction of sp³-hybridized carbons (Fsp3) is 0.455. The minimum atomic E-state index is -0.826. The maximum Gasteiger partial charge on any atom is 0.345 e. The van der Waals surface area contributed by atoms with E-state index in [2.05, 4.69) is 17.1 Å². The number of thiophene rings is 1. The standard InChI is InChI=1S/C20H22ClNO2S.C2H6/c21-17-11-14(12-22-13-17)7-8-16-4-1-3-15(16)5-2-6-18-9-10-19(25-18)20(23)24;1-2/h7-13,15-16H,1-6H2,(H,23,24);1-2H3/b8-7+;/t15-,16-;/m1./s1. The lowest BCUT2D eigenvalue weighted by Gasteiger charge is -2.16. The van der Waals surface area contributed by atoms with Crippen LogP contribution in [-0.2, 0) is 6.42 Å². The summed E-state index contributed by atoms with van der Waals surface area (Å²) in [5.41, 5.74) is 1.05. The van der Waals surface area contributed by atoms with Crippen molar-refractivity contribution in [1.82, 2.24) is 4.98 Å². The third-order valence-corrected chi connectivity index (χ3v) is 6.19. The number of allylic oxidation sites excluding steroid dienone is 1. The van der Waals surface area contributed by atoms with Gasteiger partial charge in [-0.05, 0) is 67.7 Å². The van der Waals surface area contributed by atoms with Crippen molar-refractivity contribution in [3.8, 4) is 0 Å². The third-order valence-electron chi connectivity index (χ3n) is 4.85. The summed E-state index contributed by atoms with van der Waals surface area (Å²) in [6, 6.07) is 5.60. The molecular weight excluding hydrogens is 378 g/mol. The van der Waals surface area contributed by atoms with Gasteiger partial charge >= 0.3 is 5.97 Å². The normalized spacial score (nSPS) is 19.1. The quantitative estimate of drug-likeness (QED) is 0.540. The van der Waals surface area contributed by atoms with Gasteiger partial charge in [-0.2, -0.15) is 0 Å². The van der Waals surface area contributed by atoms with Crippen LogP contribution in [0.1, 0.15) is 66.1 Å². The number of hydrogen-bond acceptors (Lipinski definition) is 3. The first-order valence-corrected chi connectivity index (χ1v) is 10.9. The molecule has 146 valence electrons. The minimum absolute atomic E-state index is 0.437. The summed E-state index contributed by atoms with van der Waals surface area (Å²) in [6.07, 6.45) is 15.1. The Kier molecular flexibility index (Phi) is 9.02. The summed E-state index contributed by atoms with van der Waals surface area (Å²) in [5.74, 6) is 0.520. The molecule has 2 aromatic rings. The van der Waals surface area contributed by atoms with E-state index in [4.69, 9.17) is 16.7 Å². The number of halogens is 1. The summed E-state index contributed by atoms with van der Waals surface area (Å²) in [7, 11) is 0. The van der Waals surface area contributed by atoms with Gasteiger partial charge in [-0.15, -0.1) is 11.3 Å². The van der Waals surface area contributed by atoms with E-state index in [1.165, 1.54) is 41.9 Å². The van der Waals surface area contributed by atoms with E-state index in [1.54, 1.807) is 12.3 Å². The number of carbonyl (C=O) groups is 1. The lowest BCUT2D eigenvalue weighted by atomic mass is 9.90. The summed E-state index contributed by atoms with van der Waals surface area (Å²) in [4.78, 5) is 16.7. The van der Waals surface area contributed by atoms with Gasteiger partial charge < -0.3 is 5.11 Å². The average Bonchev–Trinajstić information content (AvgIpc) is 3.31. The van der Waals surface area contributed by atoms with Crippen LogP contribution in [0.15, 0.2) is 36.7 Å². The van der Waals surface area contributed by atoms with Gasteiger partial charge in [0.25, 0.3) is 0 Å². The first-order valence-electron chi connectivity index (χ1n) is 9.72. The topological polar surface area (TPSA) is 50.2 Å². The summed E-state index contributed by atoms with van der Waals surface area (Å²) in [6.45, 7) is 4.00. The van der Waals surface area contributed by atoms with Crippen molar-refractivity contribution >= 4 is 35.0 Å². The Labute approximate surface area is 171 Å². The summed E-state index contributed by atoms with van der Waals surface area (Å²) < 4.78 is 0. The second kappa shape index (κ2) is 11.3. The summed E-state index contributed by atoms with van der Waals surface area (Å²) >= 11 is 7.38. The highest BCUT2D eigenvalue weighted by Crippen LogP contribution is 2.36. The number of aromatic nitrogens is 1. The predicted octanol–water partition coefficient (Wildman–Crippen LogP) is 6.97. The van der Waals surface area contributed by atoms with Gasteiger partial charge in [0.15, 0.2) is 0 Å². The van der Waals surface area contributed by atoms with E-state index in [0.29, 0.717) is 15.8 Å². The Morgan fingerprint density at radius 1 is 1.33 bits per heavy atom. The molecule has 2 atom stereocenters. The van der Waals surface area contributed by atoms with Crippen LogP contribution in [0.3, 0.4) is 0 Å².